The van der Waals surface area contributed by atoms with Crippen LogP contribution in [-0.2, 0) is 5.41 Å². The molecule has 1 aromatic heterocycles. The van der Waals surface area contributed by atoms with Gasteiger partial charge in [-0.2, -0.15) is 0 Å². The van der Waals surface area contributed by atoms with Crippen molar-refractivity contribution < 1.29 is 4.52 Å². The average Bonchev–Trinajstić information content (AvgIpc) is 2.83. The Kier molecular flexibility index (Phi) is 7.36. The number of hydrogen-bond donors (Lipinski definition) is 1. The van der Waals surface area contributed by atoms with Crippen LogP contribution >= 0.6 is 12.2 Å². The maximum absolute atomic E-state index is 5.04. The highest BCUT2D eigenvalue weighted by molar-refractivity contribution is 7.71. The second-order valence-corrected chi connectivity index (χ2v) is 6.14. The first kappa shape index (κ1) is 16.4. The Morgan fingerprint density at radius 1 is 1.05 bits per heavy atom. The zero-order valence-corrected chi connectivity index (χ0v) is 13.4. The first-order valence-electron chi connectivity index (χ1n) is 7.69. The van der Waals surface area contributed by atoms with Crippen molar-refractivity contribution in [3.63, 3.8) is 0 Å². The zero-order valence-electron chi connectivity index (χ0n) is 12.6. The number of unbranched alkanes of at least 4 members (excludes halogenated alkanes) is 5. The number of hydrogen-bond acceptors (Lipinski definition) is 3. The molecule has 0 saturated carbocycles. The Balaban J connectivity index is 2.57. The summed E-state index contributed by atoms with van der Waals surface area (Å²) in [6.45, 7) is 6.76. The molecular weight excluding hydrogens is 256 g/mol. The Hall–Kier alpha value is -0.640. The van der Waals surface area contributed by atoms with Crippen LogP contribution < -0.4 is 0 Å². The van der Waals surface area contributed by atoms with Crippen LogP contribution in [0.4, 0.5) is 0 Å². The van der Waals surface area contributed by atoms with Gasteiger partial charge in [0.25, 0.3) is 4.84 Å². The van der Waals surface area contributed by atoms with Crippen LogP contribution in [0.5, 0.6) is 0 Å². The number of rotatable bonds is 10. The van der Waals surface area contributed by atoms with Gasteiger partial charge in [-0.05, 0) is 25.1 Å². The van der Waals surface area contributed by atoms with Gasteiger partial charge in [-0.25, -0.2) is 0 Å². The molecule has 0 aliphatic carbocycles. The van der Waals surface area contributed by atoms with Crippen molar-refractivity contribution in [3.05, 3.63) is 10.7 Å². The van der Waals surface area contributed by atoms with E-state index in [-0.39, 0.29) is 5.41 Å². The number of nitrogens with zero attached hydrogens (tertiary/aromatic N) is 1. The summed E-state index contributed by atoms with van der Waals surface area (Å²) < 4.78 is 5.04. The van der Waals surface area contributed by atoms with E-state index in [4.69, 9.17) is 16.7 Å². The summed E-state index contributed by atoms with van der Waals surface area (Å²) in [5, 5.41) is 4.12. The van der Waals surface area contributed by atoms with E-state index >= 15 is 0 Å². The fourth-order valence-electron chi connectivity index (χ4n) is 2.54. The van der Waals surface area contributed by atoms with Gasteiger partial charge in [0.15, 0.2) is 5.82 Å². The zero-order chi connectivity index (χ0) is 14.1. The van der Waals surface area contributed by atoms with Crippen LogP contribution in [0.25, 0.3) is 0 Å². The molecule has 0 spiro atoms. The lowest BCUT2D eigenvalue weighted by molar-refractivity contribution is 0.323. The molecule has 1 N–H and O–H groups in total. The van der Waals surface area contributed by atoms with Crippen molar-refractivity contribution >= 4 is 12.2 Å². The lowest BCUT2D eigenvalue weighted by Crippen LogP contribution is -2.23. The van der Waals surface area contributed by atoms with Crippen molar-refractivity contribution in [1.29, 1.82) is 0 Å². The second kappa shape index (κ2) is 8.51. The molecule has 4 heteroatoms. The summed E-state index contributed by atoms with van der Waals surface area (Å²) in [5.74, 6) is 0.932. The molecule has 3 nitrogen and oxygen atoms in total. The van der Waals surface area contributed by atoms with Gasteiger partial charge in [0, 0.05) is 5.41 Å². The minimum Gasteiger partial charge on any atom is -0.324 e. The van der Waals surface area contributed by atoms with Crippen LogP contribution in [-0.4, -0.2) is 10.1 Å². The Labute approximate surface area is 122 Å². The molecule has 1 unspecified atom stereocenters. The molecule has 0 radical (unpaired) electrons. The van der Waals surface area contributed by atoms with Gasteiger partial charge < -0.3 is 4.52 Å². The highest BCUT2D eigenvalue weighted by Gasteiger charge is 2.29. The third-order valence-electron chi connectivity index (χ3n) is 3.93. The van der Waals surface area contributed by atoms with E-state index in [0.717, 1.165) is 18.7 Å². The molecular formula is C15H28N2OS. The van der Waals surface area contributed by atoms with Gasteiger partial charge in [0.05, 0.1) is 0 Å². The molecule has 0 bridgehead atoms. The summed E-state index contributed by atoms with van der Waals surface area (Å²) in [6.07, 6.45) is 11.3. The highest BCUT2D eigenvalue weighted by atomic mass is 32.1. The summed E-state index contributed by atoms with van der Waals surface area (Å²) >= 11 is 5.00. The lowest BCUT2D eigenvalue weighted by Gasteiger charge is -2.26. The van der Waals surface area contributed by atoms with Crippen molar-refractivity contribution in [1.82, 2.24) is 10.1 Å². The third-order valence-corrected chi connectivity index (χ3v) is 4.10. The molecule has 0 amide bonds. The predicted octanol–water partition coefficient (Wildman–Crippen LogP) is 5.54. The van der Waals surface area contributed by atoms with Gasteiger partial charge >= 0.3 is 0 Å². The number of H-pyrrole nitrogens is 1. The molecule has 1 heterocycles. The van der Waals surface area contributed by atoms with Crippen molar-refractivity contribution in [2.24, 2.45) is 0 Å². The third kappa shape index (κ3) is 5.47. The van der Waals surface area contributed by atoms with Crippen LogP contribution in [0.1, 0.15) is 84.4 Å². The van der Waals surface area contributed by atoms with Gasteiger partial charge in [-0.1, -0.05) is 70.9 Å². The standard InChI is InChI=1S/C15H28N2OS/c1-4-6-8-9-10-12-15(3,11-7-5-2)13-16-14(19)18-17-13/h4-12H2,1-3H3,(H,16,17,19). The quantitative estimate of drug-likeness (QED) is 0.453. The average molecular weight is 284 g/mol. The van der Waals surface area contributed by atoms with Gasteiger partial charge in [0.2, 0.25) is 0 Å². The smallest absolute Gasteiger partial charge is 0.294 e. The Bertz CT molecular complexity index is 399. The minimum absolute atomic E-state index is 0.0861. The second-order valence-electron chi connectivity index (χ2n) is 5.77. The van der Waals surface area contributed by atoms with Crippen LogP contribution in [0.3, 0.4) is 0 Å². The van der Waals surface area contributed by atoms with Crippen molar-refractivity contribution in [3.8, 4) is 0 Å². The van der Waals surface area contributed by atoms with Crippen LogP contribution in [0.2, 0.25) is 0 Å². The molecule has 1 atom stereocenters. The van der Waals surface area contributed by atoms with Crippen LogP contribution in [0.15, 0.2) is 4.52 Å². The number of aromatic amines is 1. The van der Waals surface area contributed by atoms with Crippen LogP contribution in [0, 0.1) is 4.84 Å². The van der Waals surface area contributed by atoms with E-state index in [1.807, 2.05) is 0 Å². The highest BCUT2D eigenvalue weighted by Crippen LogP contribution is 2.33. The first-order chi connectivity index (χ1) is 9.12. The van der Waals surface area contributed by atoms with E-state index < -0.39 is 0 Å². The molecule has 0 aromatic carbocycles. The largest absolute Gasteiger partial charge is 0.324 e. The Morgan fingerprint density at radius 3 is 2.26 bits per heavy atom. The maximum Gasteiger partial charge on any atom is 0.294 e. The molecule has 110 valence electrons. The lowest BCUT2D eigenvalue weighted by atomic mass is 9.79. The summed E-state index contributed by atoms with van der Waals surface area (Å²) in [5.41, 5.74) is 0.0861. The van der Waals surface area contributed by atoms with Crippen molar-refractivity contribution in [2.45, 2.75) is 84.0 Å². The summed E-state index contributed by atoms with van der Waals surface area (Å²) in [4.78, 5) is 3.51. The predicted molar refractivity (Wildman–Crippen MR) is 81.9 cm³/mol. The molecule has 19 heavy (non-hydrogen) atoms. The summed E-state index contributed by atoms with van der Waals surface area (Å²) in [7, 11) is 0. The van der Waals surface area contributed by atoms with E-state index in [1.165, 1.54) is 44.9 Å². The molecule has 0 aliphatic rings. The minimum atomic E-state index is 0.0861. The number of aromatic nitrogens is 2. The molecule has 0 fully saturated rings. The van der Waals surface area contributed by atoms with Gasteiger partial charge in [0.1, 0.15) is 0 Å². The van der Waals surface area contributed by atoms with Crippen molar-refractivity contribution in [2.75, 3.05) is 0 Å². The first-order valence-corrected chi connectivity index (χ1v) is 8.09. The normalized spacial score (nSPS) is 14.5. The monoisotopic (exact) mass is 284 g/mol. The fourth-order valence-corrected chi connectivity index (χ4v) is 2.67. The van der Waals surface area contributed by atoms with E-state index in [0.29, 0.717) is 4.84 Å². The summed E-state index contributed by atoms with van der Waals surface area (Å²) in [6, 6.07) is 0. The number of nitrogens with one attached hydrogen (secondary N) is 1. The molecule has 1 rings (SSSR count). The molecule has 1 aromatic rings. The van der Waals surface area contributed by atoms with Gasteiger partial charge in [-0.3, -0.25) is 4.98 Å². The molecule has 0 aliphatic heterocycles. The molecule has 0 saturated heterocycles. The topological polar surface area (TPSA) is 41.8 Å². The maximum atomic E-state index is 5.04. The van der Waals surface area contributed by atoms with E-state index in [9.17, 15) is 0 Å². The van der Waals surface area contributed by atoms with E-state index in [1.54, 1.807) is 0 Å². The van der Waals surface area contributed by atoms with E-state index in [2.05, 4.69) is 30.9 Å². The Morgan fingerprint density at radius 2 is 1.68 bits per heavy atom. The SMILES string of the molecule is CCCCCCCC(C)(CCCC)c1noc(=S)[nH]1. The fraction of sp³-hybridized carbons (Fsp3) is 0.867. The van der Waals surface area contributed by atoms with Gasteiger partial charge in [-0.15, -0.1) is 0 Å².